The van der Waals surface area contributed by atoms with Crippen molar-refractivity contribution < 1.29 is 9.90 Å². The van der Waals surface area contributed by atoms with Gasteiger partial charge in [0, 0.05) is 18.3 Å². The first-order valence-corrected chi connectivity index (χ1v) is 6.64. The van der Waals surface area contributed by atoms with Crippen LogP contribution in [0.25, 0.3) is 0 Å². The molecule has 0 aliphatic carbocycles. The molecule has 0 aliphatic rings. The summed E-state index contributed by atoms with van der Waals surface area (Å²) in [5.41, 5.74) is 1.60. The van der Waals surface area contributed by atoms with Gasteiger partial charge in [0.15, 0.2) is 0 Å². The summed E-state index contributed by atoms with van der Waals surface area (Å²) in [6.45, 7) is 2.02. The molecule has 0 atom stereocenters. The van der Waals surface area contributed by atoms with Crippen LogP contribution in [0, 0.1) is 0 Å². The number of nitrogens with zero attached hydrogens (tertiary/aromatic N) is 2. The second kappa shape index (κ2) is 5.73. The van der Waals surface area contributed by atoms with Crippen LogP contribution in [-0.4, -0.2) is 21.0 Å². The van der Waals surface area contributed by atoms with Crippen molar-refractivity contribution in [3.63, 3.8) is 0 Å². The Morgan fingerprint density at radius 3 is 2.89 bits per heavy atom. The van der Waals surface area contributed by atoms with Gasteiger partial charge in [0.1, 0.15) is 4.88 Å². The number of carbonyl (C=O) groups is 1. The van der Waals surface area contributed by atoms with Gasteiger partial charge in [-0.15, -0.1) is 11.3 Å². The average molecular weight is 262 g/mol. The van der Waals surface area contributed by atoms with Gasteiger partial charge in [-0.25, -0.2) is 9.78 Å². The number of carboxylic acids is 1. The van der Waals surface area contributed by atoms with Gasteiger partial charge in [0.2, 0.25) is 0 Å². The lowest BCUT2D eigenvalue weighted by Crippen LogP contribution is -1.98. The van der Waals surface area contributed by atoms with Crippen LogP contribution in [0.5, 0.6) is 0 Å². The minimum absolute atomic E-state index is 0.364. The van der Waals surface area contributed by atoms with Gasteiger partial charge in [-0.1, -0.05) is 19.4 Å². The minimum atomic E-state index is -0.886. The second-order valence-corrected chi connectivity index (χ2v) is 5.02. The first-order chi connectivity index (χ1) is 8.70. The lowest BCUT2D eigenvalue weighted by atomic mass is 10.2. The molecular formula is C13H14N2O2S. The van der Waals surface area contributed by atoms with Gasteiger partial charge in [-0.05, 0) is 18.6 Å². The van der Waals surface area contributed by atoms with Crippen LogP contribution in [0.15, 0.2) is 24.4 Å². The highest BCUT2D eigenvalue weighted by Gasteiger charge is 2.16. The lowest BCUT2D eigenvalue weighted by Gasteiger charge is -1.95. The van der Waals surface area contributed by atoms with E-state index >= 15 is 0 Å². The predicted molar refractivity (Wildman–Crippen MR) is 70.1 cm³/mol. The van der Waals surface area contributed by atoms with E-state index in [0.29, 0.717) is 23.4 Å². The molecule has 0 aliphatic heterocycles. The SMILES string of the molecule is CCCc1nc(Cc2ccccn2)sc1C(=O)O. The van der Waals surface area contributed by atoms with E-state index in [-0.39, 0.29) is 0 Å². The van der Waals surface area contributed by atoms with Crippen LogP contribution in [-0.2, 0) is 12.8 Å². The van der Waals surface area contributed by atoms with E-state index in [9.17, 15) is 4.79 Å². The number of aryl methyl sites for hydroxylation is 1. The molecule has 1 N–H and O–H groups in total. The number of thiazole rings is 1. The van der Waals surface area contributed by atoms with Crippen LogP contribution in [0.1, 0.15) is 39.4 Å². The third-order valence-corrected chi connectivity index (χ3v) is 3.57. The quantitative estimate of drug-likeness (QED) is 0.900. The molecule has 0 amide bonds. The summed E-state index contributed by atoms with van der Waals surface area (Å²) >= 11 is 1.25. The van der Waals surface area contributed by atoms with Crippen molar-refractivity contribution in [2.75, 3.05) is 0 Å². The summed E-state index contributed by atoms with van der Waals surface area (Å²) in [7, 11) is 0. The van der Waals surface area contributed by atoms with Crippen molar-refractivity contribution in [1.82, 2.24) is 9.97 Å². The Morgan fingerprint density at radius 1 is 1.44 bits per heavy atom. The molecule has 2 aromatic heterocycles. The Kier molecular flexibility index (Phi) is 4.04. The van der Waals surface area contributed by atoms with Gasteiger partial charge in [-0.2, -0.15) is 0 Å². The third kappa shape index (κ3) is 2.92. The molecule has 0 aromatic carbocycles. The first-order valence-electron chi connectivity index (χ1n) is 5.82. The lowest BCUT2D eigenvalue weighted by molar-refractivity contribution is 0.0700. The summed E-state index contributed by atoms with van der Waals surface area (Å²) in [6, 6.07) is 5.69. The van der Waals surface area contributed by atoms with Gasteiger partial charge in [-0.3, -0.25) is 4.98 Å². The zero-order valence-corrected chi connectivity index (χ0v) is 10.9. The molecule has 0 saturated heterocycles. The molecule has 5 heteroatoms. The second-order valence-electron chi connectivity index (χ2n) is 3.94. The Bertz CT molecular complexity index is 537. The molecule has 4 nitrogen and oxygen atoms in total. The van der Waals surface area contributed by atoms with Crippen molar-refractivity contribution in [2.45, 2.75) is 26.2 Å². The number of aromatic nitrogens is 2. The normalized spacial score (nSPS) is 10.5. The van der Waals surface area contributed by atoms with Crippen LogP contribution < -0.4 is 0 Å². The smallest absolute Gasteiger partial charge is 0.347 e. The van der Waals surface area contributed by atoms with Crippen LogP contribution in [0.2, 0.25) is 0 Å². The minimum Gasteiger partial charge on any atom is -0.477 e. The zero-order valence-electron chi connectivity index (χ0n) is 10.1. The van der Waals surface area contributed by atoms with Gasteiger partial charge < -0.3 is 5.11 Å². The summed E-state index contributed by atoms with van der Waals surface area (Å²) in [5.74, 6) is -0.886. The maximum Gasteiger partial charge on any atom is 0.347 e. The topological polar surface area (TPSA) is 63.1 Å². The average Bonchev–Trinajstić information content (AvgIpc) is 2.74. The molecule has 0 unspecified atom stereocenters. The van der Waals surface area contributed by atoms with Crippen molar-refractivity contribution in [1.29, 1.82) is 0 Å². The van der Waals surface area contributed by atoms with Crippen molar-refractivity contribution in [3.8, 4) is 0 Å². The number of hydrogen-bond acceptors (Lipinski definition) is 4. The molecular weight excluding hydrogens is 248 g/mol. The summed E-state index contributed by atoms with van der Waals surface area (Å²) in [5, 5.41) is 9.94. The number of hydrogen-bond donors (Lipinski definition) is 1. The highest BCUT2D eigenvalue weighted by atomic mass is 32.1. The van der Waals surface area contributed by atoms with Gasteiger partial charge in [0.05, 0.1) is 10.7 Å². The summed E-state index contributed by atoms with van der Waals surface area (Å²) in [4.78, 5) is 20.1. The number of aromatic carboxylic acids is 1. The highest BCUT2D eigenvalue weighted by Crippen LogP contribution is 2.22. The van der Waals surface area contributed by atoms with Crippen molar-refractivity contribution in [2.24, 2.45) is 0 Å². The molecule has 94 valence electrons. The molecule has 0 fully saturated rings. The van der Waals surface area contributed by atoms with Gasteiger partial charge in [0.25, 0.3) is 0 Å². The van der Waals surface area contributed by atoms with E-state index in [1.165, 1.54) is 11.3 Å². The molecule has 2 heterocycles. The predicted octanol–water partition coefficient (Wildman–Crippen LogP) is 2.78. The Balaban J connectivity index is 2.24. The maximum atomic E-state index is 11.1. The Morgan fingerprint density at radius 2 is 2.28 bits per heavy atom. The van der Waals surface area contributed by atoms with E-state index < -0.39 is 5.97 Å². The third-order valence-electron chi connectivity index (χ3n) is 2.48. The number of carboxylic acid groups (broad SMARTS) is 1. The van der Waals surface area contributed by atoms with E-state index in [0.717, 1.165) is 17.1 Å². The largest absolute Gasteiger partial charge is 0.477 e. The van der Waals surface area contributed by atoms with E-state index in [4.69, 9.17) is 5.11 Å². The van der Waals surface area contributed by atoms with E-state index in [2.05, 4.69) is 9.97 Å². The zero-order chi connectivity index (χ0) is 13.0. The van der Waals surface area contributed by atoms with Crippen LogP contribution in [0.3, 0.4) is 0 Å². The molecule has 0 saturated carbocycles. The molecule has 0 bridgehead atoms. The van der Waals surface area contributed by atoms with E-state index in [1.807, 2.05) is 25.1 Å². The van der Waals surface area contributed by atoms with E-state index in [1.54, 1.807) is 6.20 Å². The summed E-state index contributed by atoms with van der Waals surface area (Å²) < 4.78 is 0. The van der Waals surface area contributed by atoms with Crippen LogP contribution >= 0.6 is 11.3 Å². The maximum absolute atomic E-state index is 11.1. The summed E-state index contributed by atoms with van der Waals surface area (Å²) in [6.07, 6.45) is 3.93. The molecule has 18 heavy (non-hydrogen) atoms. The van der Waals surface area contributed by atoms with Crippen molar-refractivity contribution in [3.05, 3.63) is 45.7 Å². The van der Waals surface area contributed by atoms with Crippen molar-refractivity contribution >= 4 is 17.3 Å². The Hall–Kier alpha value is -1.75. The fourth-order valence-electron chi connectivity index (χ4n) is 1.71. The Labute approximate surface area is 109 Å². The fourth-order valence-corrected chi connectivity index (χ4v) is 2.67. The molecule has 0 radical (unpaired) electrons. The van der Waals surface area contributed by atoms with Gasteiger partial charge >= 0.3 is 5.97 Å². The molecule has 2 rings (SSSR count). The van der Waals surface area contributed by atoms with Crippen LogP contribution in [0.4, 0.5) is 0 Å². The molecule has 0 spiro atoms. The highest BCUT2D eigenvalue weighted by molar-refractivity contribution is 7.13. The number of rotatable bonds is 5. The fraction of sp³-hybridized carbons (Fsp3) is 0.308. The standard InChI is InChI=1S/C13H14N2O2S/c1-2-5-10-12(13(16)17)18-11(15-10)8-9-6-3-4-7-14-9/h3-4,6-7H,2,5,8H2,1H3,(H,16,17). The first kappa shape index (κ1) is 12.7. The molecule has 2 aromatic rings. The monoisotopic (exact) mass is 262 g/mol. The number of pyridine rings is 1.